The Hall–Kier alpha value is -1.86. The number of hydrogen-bond acceptors (Lipinski definition) is 5. The van der Waals surface area contributed by atoms with E-state index in [1.165, 1.54) is 16.2 Å². The topological polar surface area (TPSA) is 59.8 Å². The summed E-state index contributed by atoms with van der Waals surface area (Å²) in [4.78, 5) is 18.0. The van der Waals surface area contributed by atoms with E-state index in [1.54, 1.807) is 28.7 Å². The molecule has 1 amide bonds. The normalized spacial score (nSPS) is 11.3. The summed E-state index contributed by atoms with van der Waals surface area (Å²) in [7, 11) is 0. The van der Waals surface area contributed by atoms with Crippen molar-refractivity contribution in [2.75, 3.05) is 11.6 Å². The van der Waals surface area contributed by atoms with Gasteiger partial charge in [0.15, 0.2) is 5.13 Å². The lowest BCUT2D eigenvalue weighted by Crippen LogP contribution is -2.18. The van der Waals surface area contributed by atoms with Gasteiger partial charge in [-0.15, -0.1) is 11.8 Å². The van der Waals surface area contributed by atoms with Crippen LogP contribution < -0.4 is 5.32 Å². The average Bonchev–Trinajstić information content (AvgIpc) is 3.12. The number of anilines is 1. The molecule has 5 nitrogen and oxygen atoms in total. The van der Waals surface area contributed by atoms with Gasteiger partial charge in [0, 0.05) is 17.1 Å². The molecule has 3 rings (SSSR count). The minimum absolute atomic E-state index is 0.134. The predicted octanol–water partition coefficient (Wildman–Crippen LogP) is 4.05. The number of hydrogen-bond donors (Lipinski definition) is 1. The Bertz CT molecular complexity index is 822. The molecule has 0 bridgehead atoms. The van der Waals surface area contributed by atoms with Gasteiger partial charge in [0.05, 0.1) is 10.2 Å². The maximum Gasteiger partial charge on any atom is 0.275 e. The molecule has 0 radical (unpaired) electrons. The molecule has 114 valence electrons. The van der Waals surface area contributed by atoms with Crippen molar-refractivity contribution in [2.24, 2.45) is 0 Å². The monoisotopic (exact) mass is 332 g/mol. The number of carbonyl (C=O) groups excluding carboxylic acids is 1. The molecule has 0 saturated carbocycles. The van der Waals surface area contributed by atoms with Crippen LogP contribution in [0.2, 0.25) is 0 Å². The number of amides is 1. The second-order valence-electron chi connectivity index (χ2n) is 5.06. The molecule has 2 heterocycles. The van der Waals surface area contributed by atoms with Crippen LogP contribution in [0.25, 0.3) is 10.2 Å². The van der Waals surface area contributed by atoms with Crippen molar-refractivity contribution in [1.82, 2.24) is 14.8 Å². The van der Waals surface area contributed by atoms with Crippen molar-refractivity contribution in [3.05, 3.63) is 36.2 Å². The van der Waals surface area contributed by atoms with E-state index in [0.717, 1.165) is 10.2 Å². The molecule has 7 heteroatoms. The molecule has 0 aliphatic rings. The minimum Gasteiger partial charge on any atom is -0.296 e. The first-order valence-electron chi connectivity index (χ1n) is 6.88. The highest BCUT2D eigenvalue weighted by molar-refractivity contribution is 7.98. The number of fused-ring (bicyclic) bond motifs is 1. The Morgan fingerprint density at radius 2 is 2.18 bits per heavy atom. The van der Waals surface area contributed by atoms with Crippen LogP contribution in [0.4, 0.5) is 5.13 Å². The number of benzene rings is 1. The second-order valence-corrected chi connectivity index (χ2v) is 6.97. The zero-order chi connectivity index (χ0) is 15.7. The van der Waals surface area contributed by atoms with Crippen LogP contribution >= 0.6 is 23.1 Å². The Kier molecular flexibility index (Phi) is 4.17. The van der Waals surface area contributed by atoms with Gasteiger partial charge in [-0.1, -0.05) is 11.3 Å². The highest BCUT2D eigenvalue weighted by Crippen LogP contribution is 2.29. The third-order valence-electron chi connectivity index (χ3n) is 3.21. The maximum absolute atomic E-state index is 12.4. The van der Waals surface area contributed by atoms with Gasteiger partial charge in [-0.05, 0) is 44.4 Å². The van der Waals surface area contributed by atoms with Crippen molar-refractivity contribution < 1.29 is 4.79 Å². The van der Waals surface area contributed by atoms with Crippen molar-refractivity contribution >= 4 is 44.4 Å². The van der Waals surface area contributed by atoms with E-state index < -0.39 is 0 Å². The third-order valence-corrected chi connectivity index (χ3v) is 4.87. The summed E-state index contributed by atoms with van der Waals surface area (Å²) in [6, 6.07) is 7.95. The van der Waals surface area contributed by atoms with Crippen LogP contribution in [0, 0.1) is 0 Å². The Labute approximate surface area is 136 Å². The maximum atomic E-state index is 12.4. The number of rotatable bonds is 4. The van der Waals surface area contributed by atoms with Gasteiger partial charge in [0.2, 0.25) is 0 Å². The van der Waals surface area contributed by atoms with Gasteiger partial charge in [0.25, 0.3) is 5.91 Å². The highest BCUT2D eigenvalue weighted by atomic mass is 32.2. The van der Waals surface area contributed by atoms with Crippen LogP contribution in [0.5, 0.6) is 0 Å². The lowest BCUT2D eigenvalue weighted by Gasteiger charge is -2.09. The van der Waals surface area contributed by atoms with Gasteiger partial charge in [-0.2, -0.15) is 5.10 Å². The summed E-state index contributed by atoms with van der Waals surface area (Å²) >= 11 is 3.17. The quantitative estimate of drug-likeness (QED) is 0.732. The standard InChI is InChI=1S/C15H16N4OS2/c1-9(2)19-12(6-7-16-19)14(20)18-15-17-11-5-4-10(21-3)8-13(11)22-15/h4-9H,1-3H3,(H,17,18,20). The third kappa shape index (κ3) is 2.86. The molecular weight excluding hydrogens is 316 g/mol. The fourth-order valence-corrected chi connectivity index (χ4v) is 3.57. The van der Waals surface area contributed by atoms with Crippen LogP contribution in [-0.4, -0.2) is 26.9 Å². The van der Waals surface area contributed by atoms with Crippen LogP contribution in [0.3, 0.4) is 0 Å². The second kappa shape index (κ2) is 6.10. The molecule has 1 aromatic carbocycles. The summed E-state index contributed by atoms with van der Waals surface area (Å²) in [5, 5.41) is 7.65. The number of thioether (sulfide) groups is 1. The first-order valence-corrected chi connectivity index (χ1v) is 8.92. The van der Waals surface area contributed by atoms with E-state index in [1.807, 2.05) is 32.2 Å². The van der Waals surface area contributed by atoms with E-state index in [-0.39, 0.29) is 11.9 Å². The van der Waals surface area contributed by atoms with E-state index in [0.29, 0.717) is 10.8 Å². The van der Waals surface area contributed by atoms with Crippen molar-refractivity contribution in [3.63, 3.8) is 0 Å². The van der Waals surface area contributed by atoms with E-state index in [4.69, 9.17) is 0 Å². The summed E-state index contributed by atoms with van der Waals surface area (Å²) in [6.45, 7) is 3.98. The van der Waals surface area contributed by atoms with Gasteiger partial charge < -0.3 is 0 Å². The minimum atomic E-state index is -0.185. The first kappa shape index (κ1) is 15.1. The van der Waals surface area contributed by atoms with E-state index in [2.05, 4.69) is 21.5 Å². The Balaban J connectivity index is 1.86. The summed E-state index contributed by atoms with van der Waals surface area (Å²) in [6.07, 6.45) is 3.68. The fraction of sp³-hybridized carbons (Fsp3) is 0.267. The number of nitrogens with one attached hydrogen (secondary N) is 1. The van der Waals surface area contributed by atoms with Gasteiger partial charge in [0.1, 0.15) is 5.69 Å². The molecule has 1 N–H and O–H groups in total. The largest absolute Gasteiger partial charge is 0.296 e. The molecular formula is C15H16N4OS2. The lowest BCUT2D eigenvalue weighted by atomic mass is 10.3. The summed E-state index contributed by atoms with van der Waals surface area (Å²) in [5.41, 5.74) is 1.44. The molecule has 0 aliphatic heterocycles. The number of aromatic nitrogens is 3. The van der Waals surface area contributed by atoms with Crippen molar-refractivity contribution in [1.29, 1.82) is 0 Å². The smallest absolute Gasteiger partial charge is 0.275 e. The number of thiazole rings is 1. The van der Waals surface area contributed by atoms with Crippen molar-refractivity contribution in [2.45, 2.75) is 24.8 Å². The molecule has 2 aromatic heterocycles. The van der Waals surface area contributed by atoms with Gasteiger partial charge >= 0.3 is 0 Å². The molecule has 0 atom stereocenters. The Morgan fingerprint density at radius 3 is 2.91 bits per heavy atom. The number of nitrogens with zero attached hydrogens (tertiary/aromatic N) is 3. The lowest BCUT2D eigenvalue weighted by molar-refractivity contribution is 0.101. The molecule has 0 fully saturated rings. The molecule has 0 spiro atoms. The SMILES string of the molecule is CSc1ccc2nc(NC(=O)c3ccnn3C(C)C)sc2c1. The fourth-order valence-electron chi connectivity index (χ4n) is 2.15. The number of carbonyl (C=O) groups is 1. The van der Waals surface area contributed by atoms with Crippen LogP contribution in [0.1, 0.15) is 30.4 Å². The zero-order valence-electron chi connectivity index (χ0n) is 12.5. The van der Waals surface area contributed by atoms with Crippen LogP contribution in [-0.2, 0) is 0 Å². The van der Waals surface area contributed by atoms with Crippen LogP contribution in [0.15, 0.2) is 35.4 Å². The Morgan fingerprint density at radius 1 is 1.36 bits per heavy atom. The highest BCUT2D eigenvalue weighted by Gasteiger charge is 2.16. The van der Waals surface area contributed by atoms with E-state index in [9.17, 15) is 4.79 Å². The molecule has 22 heavy (non-hydrogen) atoms. The average molecular weight is 332 g/mol. The molecule has 0 aliphatic carbocycles. The first-order chi connectivity index (χ1) is 10.6. The molecule has 0 unspecified atom stereocenters. The zero-order valence-corrected chi connectivity index (χ0v) is 14.2. The van der Waals surface area contributed by atoms with Gasteiger partial charge in [-0.25, -0.2) is 4.98 Å². The predicted molar refractivity (Wildman–Crippen MR) is 92.0 cm³/mol. The summed E-state index contributed by atoms with van der Waals surface area (Å²) in [5.74, 6) is -0.185. The van der Waals surface area contributed by atoms with Gasteiger partial charge in [-0.3, -0.25) is 14.8 Å². The molecule has 3 aromatic rings. The van der Waals surface area contributed by atoms with Crippen molar-refractivity contribution in [3.8, 4) is 0 Å². The molecule has 0 saturated heterocycles. The van der Waals surface area contributed by atoms with E-state index >= 15 is 0 Å². The summed E-state index contributed by atoms with van der Waals surface area (Å²) < 4.78 is 2.77.